The maximum Gasteiger partial charge on any atom is 0.331 e. The highest BCUT2D eigenvalue weighted by Crippen LogP contribution is 2.53. The van der Waals surface area contributed by atoms with E-state index < -0.39 is 0 Å². The highest BCUT2D eigenvalue weighted by Gasteiger charge is 2.43. The van der Waals surface area contributed by atoms with E-state index in [4.69, 9.17) is 9.97 Å². The summed E-state index contributed by atoms with van der Waals surface area (Å²) in [5, 5.41) is 14.2. The third-order valence-corrected chi connectivity index (χ3v) is 8.87. The van der Waals surface area contributed by atoms with Crippen LogP contribution in [0.15, 0.2) is 55.0 Å². The van der Waals surface area contributed by atoms with Crippen LogP contribution in [0.1, 0.15) is 71.0 Å². The molecule has 2 saturated carbocycles. The lowest BCUT2D eigenvalue weighted by Crippen LogP contribution is -2.30. The van der Waals surface area contributed by atoms with Gasteiger partial charge in [-0.15, -0.1) is 0 Å². The second kappa shape index (κ2) is 9.84. The number of carbonyl (C=O) groups is 2. The summed E-state index contributed by atoms with van der Waals surface area (Å²) in [6.07, 6.45) is 8.99. The number of nitrogens with one attached hydrogen (secondary N) is 1. The summed E-state index contributed by atoms with van der Waals surface area (Å²) in [6.45, 7) is 2.42. The highest BCUT2D eigenvalue weighted by atomic mass is 16.2. The van der Waals surface area contributed by atoms with Gasteiger partial charge in [0, 0.05) is 59.9 Å². The molecule has 0 spiro atoms. The van der Waals surface area contributed by atoms with E-state index in [9.17, 15) is 14.9 Å². The van der Waals surface area contributed by atoms with Crippen LogP contribution in [0.25, 0.3) is 16.6 Å². The van der Waals surface area contributed by atoms with Gasteiger partial charge in [0.05, 0.1) is 35.1 Å². The first-order valence-electron chi connectivity index (χ1n) is 14.8. The Hall–Kier alpha value is -5.37. The lowest BCUT2D eigenvalue weighted by molar-refractivity contribution is -0.123. The Bertz CT molecular complexity index is 2060. The first kappa shape index (κ1) is 26.3. The molecule has 5 heterocycles. The van der Waals surface area contributed by atoms with Gasteiger partial charge < -0.3 is 9.72 Å². The molecule has 1 saturated heterocycles. The predicted molar refractivity (Wildman–Crippen MR) is 163 cm³/mol. The second-order valence-electron chi connectivity index (χ2n) is 12.0. The minimum atomic E-state index is -0.337. The van der Waals surface area contributed by atoms with Crippen LogP contribution in [0.4, 0.5) is 16.2 Å². The maximum absolute atomic E-state index is 12.8. The quantitative estimate of drug-likeness (QED) is 0.265. The van der Waals surface area contributed by atoms with Crippen LogP contribution in [0, 0.1) is 18.3 Å². The van der Waals surface area contributed by atoms with Gasteiger partial charge in [-0.2, -0.15) is 5.26 Å². The van der Waals surface area contributed by atoms with Crippen LogP contribution >= 0.6 is 0 Å². The monoisotopic (exact) mass is 583 g/mol. The van der Waals surface area contributed by atoms with Gasteiger partial charge in [-0.05, 0) is 74.1 Å². The van der Waals surface area contributed by atoms with Crippen molar-refractivity contribution >= 4 is 39.9 Å². The van der Waals surface area contributed by atoms with Crippen LogP contribution in [0.2, 0.25) is 0 Å². The van der Waals surface area contributed by atoms with E-state index in [1.165, 1.54) is 11.9 Å². The number of hydrogen-bond acceptors (Lipinski definition) is 8. The zero-order chi connectivity index (χ0) is 30.1. The van der Waals surface area contributed by atoms with E-state index in [0.29, 0.717) is 29.4 Å². The standard InChI is InChI=1S/C33H29N9O2/c1-18-7-8-35-31(37-18)26-12-25(26)27-9-20(13-34)24-6-5-22(11-28(24)39-27)36-14-23-16-41-15-21(19-3-4-19)10-29(32(41)38-23)42-17-30(43)40(2)33(42)44/h5-11,15-16,19,25-26,36H,3-4,12,14,17H2,1-2H3/t25-,26-/m0/s1. The number of fused-ring (bicyclic) bond motifs is 2. The molecule has 2 aliphatic carbocycles. The molecule has 0 unspecified atom stereocenters. The molecule has 3 aliphatic rings. The minimum absolute atomic E-state index is 0.00986. The van der Waals surface area contributed by atoms with Crippen molar-refractivity contribution in [3.8, 4) is 6.07 Å². The Labute approximate surface area is 253 Å². The second-order valence-corrected chi connectivity index (χ2v) is 12.0. The van der Waals surface area contributed by atoms with Crippen molar-refractivity contribution < 1.29 is 9.59 Å². The number of pyridine rings is 2. The number of nitrogens with zero attached hydrogens (tertiary/aromatic N) is 8. The van der Waals surface area contributed by atoms with Gasteiger partial charge in [0.1, 0.15) is 12.4 Å². The van der Waals surface area contributed by atoms with Crippen molar-refractivity contribution in [2.24, 2.45) is 0 Å². The largest absolute Gasteiger partial charge is 0.379 e. The molecule has 2 atom stereocenters. The number of likely N-dealkylation sites (N-methyl/N-ethyl adjacent to an activating group) is 1. The predicted octanol–water partition coefficient (Wildman–Crippen LogP) is 5.01. The van der Waals surface area contributed by atoms with Crippen LogP contribution in [-0.4, -0.2) is 54.8 Å². The average Bonchev–Trinajstić information content (AvgIpc) is 3.96. The summed E-state index contributed by atoms with van der Waals surface area (Å²) in [6, 6.07) is 13.7. The van der Waals surface area contributed by atoms with Crippen LogP contribution in [0.3, 0.4) is 0 Å². The van der Waals surface area contributed by atoms with Crippen molar-refractivity contribution in [3.63, 3.8) is 0 Å². The number of hydrogen-bond donors (Lipinski definition) is 1. The van der Waals surface area contributed by atoms with Crippen molar-refractivity contribution in [1.82, 2.24) is 29.2 Å². The topological polar surface area (TPSA) is 132 Å². The fourth-order valence-corrected chi connectivity index (χ4v) is 6.15. The zero-order valence-corrected chi connectivity index (χ0v) is 24.4. The van der Waals surface area contributed by atoms with E-state index in [2.05, 4.69) is 27.6 Å². The van der Waals surface area contributed by atoms with Gasteiger partial charge in [-0.25, -0.2) is 19.7 Å². The van der Waals surface area contributed by atoms with Gasteiger partial charge in [0.2, 0.25) is 5.91 Å². The molecule has 3 amide bonds. The molecule has 11 heteroatoms. The molecule has 1 aliphatic heterocycles. The van der Waals surface area contributed by atoms with Gasteiger partial charge in [-0.3, -0.25) is 19.6 Å². The molecule has 1 aromatic carbocycles. The Morgan fingerprint density at radius 1 is 1.05 bits per heavy atom. The Morgan fingerprint density at radius 3 is 2.66 bits per heavy atom. The van der Waals surface area contributed by atoms with Crippen LogP contribution in [-0.2, 0) is 11.3 Å². The summed E-state index contributed by atoms with van der Waals surface area (Å²) in [4.78, 5) is 46.7. The van der Waals surface area contributed by atoms with Crippen LogP contribution < -0.4 is 10.2 Å². The lowest BCUT2D eigenvalue weighted by Gasteiger charge is -2.17. The molecular formula is C33H29N9O2. The Kier molecular flexibility index (Phi) is 5.88. The van der Waals surface area contributed by atoms with Gasteiger partial charge in [0.15, 0.2) is 5.65 Å². The zero-order valence-electron chi connectivity index (χ0n) is 24.4. The molecule has 0 radical (unpaired) electrons. The molecule has 4 aromatic heterocycles. The van der Waals surface area contributed by atoms with E-state index in [1.54, 1.807) is 6.20 Å². The van der Waals surface area contributed by atoms with Crippen molar-refractivity contribution in [2.75, 3.05) is 23.8 Å². The number of carbonyl (C=O) groups excluding carboxylic acids is 2. The summed E-state index contributed by atoms with van der Waals surface area (Å²) in [5.41, 5.74) is 7.30. The molecule has 1 N–H and O–H groups in total. The lowest BCUT2D eigenvalue weighted by atomic mass is 10.1. The first-order valence-corrected chi connectivity index (χ1v) is 14.8. The van der Waals surface area contributed by atoms with Gasteiger partial charge in [-0.1, -0.05) is 0 Å². The fourth-order valence-electron chi connectivity index (χ4n) is 6.15. The summed E-state index contributed by atoms with van der Waals surface area (Å²) < 4.78 is 1.97. The average molecular weight is 584 g/mol. The number of benzene rings is 1. The number of amides is 3. The molecule has 5 aromatic rings. The van der Waals surface area contributed by atoms with Crippen molar-refractivity contribution in [3.05, 3.63) is 89.0 Å². The number of aryl methyl sites for hydroxylation is 1. The molecule has 3 fully saturated rings. The van der Waals surface area contributed by atoms with E-state index >= 15 is 0 Å². The smallest absolute Gasteiger partial charge is 0.331 e. The first-order chi connectivity index (χ1) is 21.4. The SMILES string of the molecule is Cc1ccnc([C@H]2C[C@@H]2c2cc(C#N)c3ccc(NCc4cn5cc(C6CC6)cc(N6CC(=O)N(C)C6=O)c5n4)cc3n2)n1. The number of rotatable bonds is 7. The number of anilines is 2. The van der Waals surface area contributed by atoms with E-state index in [1.807, 2.05) is 53.9 Å². The van der Waals surface area contributed by atoms with E-state index in [-0.39, 0.29) is 30.3 Å². The summed E-state index contributed by atoms with van der Waals surface area (Å²) in [7, 11) is 1.51. The number of imide groups is 1. The third-order valence-electron chi connectivity index (χ3n) is 8.87. The minimum Gasteiger partial charge on any atom is -0.379 e. The van der Waals surface area contributed by atoms with Gasteiger partial charge in [0.25, 0.3) is 0 Å². The molecule has 8 rings (SSSR count). The van der Waals surface area contributed by atoms with Gasteiger partial charge >= 0.3 is 6.03 Å². The Morgan fingerprint density at radius 2 is 1.91 bits per heavy atom. The summed E-state index contributed by atoms with van der Waals surface area (Å²) in [5.74, 6) is 1.47. The Balaban J connectivity index is 1.07. The summed E-state index contributed by atoms with van der Waals surface area (Å²) >= 11 is 0. The van der Waals surface area contributed by atoms with Crippen molar-refractivity contribution in [1.29, 1.82) is 5.26 Å². The number of urea groups is 1. The molecule has 11 nitrogen and oxygen atoms in total. The third kappa shape index (κ3) is 4.50. The van der Waals surface area contributed by atoms with Crippen molar-refractivity contribution in [2.45, 2.75) is 50.5 Å². The highest BCUT2D eigenvalue weighted by molar-refractivity contribution is 6.13. The molecule has 44 heavy (non-hydrogen) atoms. The fraction of sp³-hybridized carbons (Fsp3) is 0.303. The number of nitriles is 1. The number of imidazole rings is 1. The maximum atomic E-state index is 12.8. The van der Waals surface area contributed by atoms with E-state index in [0.717, 1.165) is 69.2 Å². The number of aromatic nitrogens is 5. The van der Waals surface area contributed by atoms with Crippen LogP contribution in [0.5, 0.6) is 0 Å². The normalized spacial score (nSPS) is 19.7. The molecule has 0 bridgehead atoms. The molecular weight excluding hydrogens is 554 g/mol. The molecule has 218 valence electrons.